The van der Waals surface area contributed by atoms with E-state index in [2.05, 4.69) is 16.6 Å². The molecule has 0 rings (SSSR count). The highest BCUT2D eigenvalue weighted by atomic mass is 16.1. The van der Waals surface area contributed by atoms with E-state index < -0.39 is 0 Å². The normalized spacial score (nSPS) is 6.00. The molecule has 0 fully saturated rings. The highest BCUT2D eigenvalue weighted by Gasteiger charge is 1.44. The zero-order valence-corrected chi connectivity index (χ0v) is 4.56. The maximum Gasteiger partial charge on any atom is 0.204 e. The third kappa shape index (κ3) is 407. The van der Waals surface area contributed by atoms with E-state index in [-0.39, 0.29) is 6.41 Å². The first kappa shape index (κ1) is 9.63. The van der Waals surface area contributed by atoms with Crippen molar-refractivity contribution in [3.63, 3.8) is 0 Å². The standard InChI is InChI=1S/C2H8N2.CH3NO/c1-3-4-2;2-1-3/h3-4H,1-2H3;1H,(H2,2,3). The van der Waals surface area contributed by atoms with Gasteiger partial charge in [-0.15, -0.1) is 0 Å². The predicted octanol–water partition coefficient (Wildman–Crippen LogP) is -1.56. The lowest BCUT2D eigenvalue weighted by Gasteiger charge is -1.81. The Labute approximate surface area is 43.0 Å². The van der Waals surface area contributed by atoms with E-state index in [1.807, 2.05) is 14.1 Å². The highest BCUT2D eigenvalue weighted by molar-refractivity contribution is 5.42. The van der Waals surface area contributed by atoms with Gasteiger partial charge in [0, 0.05) is 0 Å². The average molecular weight is 105 g/mol. The SMILES string of the molecule is CNNC.NC=O. The number of primary amides is 1. The van der Waals surface area contributed by atoms with Crippen LogP contribution in [0.2, 0.25) is 0 Å². The number of carbonyl (C=O) groups is 1. The summed E-state index contributed by atoms with van der Waals surface area (Å²) in [6.45, 7) is 0. The van der Waals surface area contributed by atoms with Crippen LogP contribution in [0.25, 0.3) is 0 Å². The molecule has 0 aromatic rings. The summed E-state index contributed by atoms with van der Waals surface area (Å²) < 4.78 is 0. The Bertz CT molecular complexity index is 29.4. The molecule has 0 aliphatic carbocycles. The van der Waals surface area contributed by atoms with E-state index in [0.29, 0.717) is 0 Å². The van der Waals surface area contributed by atoms with E-state index in [9.17, 15) is 0 Å². The van der Waals surface area contributed by atoms with Crippen LogP contribution in [0.4, 0.5) is 0 Å². The summed E-state index contributed by atoms with van der Waals surface area (Å²) in [4.78, 5) is 8.58. The molecule has 0 spiro atoms. The van der Waals surface area contributed by atoms with Gasteiger partial charge < -0.3 is 5.73 Å². The topological polar surface area (TPSA) is 67.2 Å². The lowest BCUT2D eigenvalue weighted by Crippen LogP contribution is -2.21. The smallest absolute Gasteiger partial charge is 0.204 e. The molecule has 0 unspecified atom stereocenters. The number of hydrogen-bond donors (Lipinski definition) is 3. The van der Waals surface area contributed by atoms with Gasteiger partial charge in [-0.25, -0.2) is 0 Å². The summed E-state index contributed by atoms with van der Waals surface area (Å²) in [5.41, 5.74) is 9.53. The zero-order chi connectivity index (χ0) is 6.12. The molecule has 7 heavy (non-hydrogen) atoms. The van der Waals surface area contributed by atoms with Gasteiger partial charge in [0.2, 0.25) is 6.41 Å². The van der Waals surface area contributed by atoms with Gasteiger partial charge in [-0.3, -0.25) is 15.6 Å². The molecule has 0 heterocycles. The van der Waals surface area contributed by atoms with Gasteiger partial charge in [0.05, 0.1) is 0 Å². The molecule has 0 atom stereocenters. The number of amides is 1. The summed E-state index contributed by atoms with van der Waals surface area (Å²) >= 11 is 0. The third-order valence-corrected chi connectivity index (χ3v) is 0.250. The van der Waals surface area contributed by atoms with Crippen molar-refractivity contribution >= 4 is 6.41 Å². The molecule has 0 aliphatic rings. The van der Waals surface area contributed by atoms with Gasteiger partial charge in [0.15, 0.2) is 0 Å². The summed E-state index contributed by atoms with van der Waals surface area (Å²) in [6, 6.07) is 0. The lowest BCUT2D eigenvalue weighted by atomic mass is 11.4. The van der Waals surface area contributed by atoms with Crippen molar-refractivity contribution in [2.75, 3.05) is 14.1 Å². The molecule has 0 radical (unpaired) electrons. The molecule has 4 N–H and O–H groups in total. The van der Waals surface area contributed by atoms with E-state index in [4.69, 9.17) is 4.79 Å². The largest absolute Gasteiger partial charge is 0.372 e. The Balaban J connectivity index is 0. The summed E-state index contributed by atoms with van der Waals surface area (Å²) in [5.74, 6) is 0. The number of nitrogens with one attached hydrogen (secondary N) is 2. The fourth-order valence-electron chi connectivity index (χ4n) is 0. The van der Waals surface area contributed by atoms with Gasteiger partial charge in [-0.1, -0.05) is 0 Å². The van der Waals surface area contributed by atoms with Crippen LogP contribution in [0.5, 0.6) is 0 Å². The maximum atomic E-state index is 8.58. The van der Waals surface area contributed by atoms with Crippen molar-refractivity contribution in [1.29, 1.82) is 0 Å². The van der Waals surface area contributed by atoms with Crippen molar-refractivity contribution in [3.05, 3.63) is 0 Å². The van der Waals surface area contributed by atoms with Crippen molar-refractivity contribution in [2.45, 2.75) is 0 Å². The Hall–Kier alpha value is -0.610. The molecule has 0 bridgehead atoms. The Kier molecular flexibility index (Phi) is 25.0. The van der Waals surface area contributed by atoms with Crippen LogP contribution in [-0.4, -0.2) is 20.5 Å². The van der Waals surface area contributed by atoms with E-state index in [1.165, 1.54) is 0 Å². The molecule has 0 saturated heterocycles. The van der Waals surface area contributed by atoms with E-state index in [1.54, 1.807) is 0 Å². The second-order valence-electron chi connectivity index (χ2n) is 0.636. The quantitative estimate of drug-likeness (QED) is 0.279. The second-order valence-corrected chi connectivity index (χ2v) is 0.636. The number of rotatable bonds is 1. The minimum absolute atomic E-state index is 0.250. The van der Waals surface area contributed by atoms with Crippen molar-refractivity contribution in [2.24, 2.45) is 5.73 Å². The Morgan fingerprint density at radius 1 is 1.43 bits per heavy atom. The minimum atomic E-state index is 0.250. The molecule has 4 nitrogen and oxygen atoms in total. The molecule has 0 aromatic carbocycles. The van der Waals surface area contributed by atoms with E-state index in [0.717, 1.165) is 0 Å². The fraction of sp³-hybridized carbons (Fsp3) is 0.667. The molecule has 0 saturated carbocycles. The van der Waals surface area contributed by atoms with Crippen LogP contribution in [0, 0.1) is 0 Å². The lowest BCUT2D eigenvalue weighted by molar-refractivity contribution is -0.106. The number of nitrogens with two attached hydrogens (primary N) is 1. The first-order valence-corrected chi connectivity index (χ1v) is 1.82. The van der Waals surface area contributed by atoms with Crippen molar-refractivity contribution in [3.8, 4) is 0 Å². The van der Waals surface area contributed by atoms with Crippen molar-refractivity contribution in [1.82, 2.24) is 10.9 Å². The van der Waals surface area contributed by atoms with Gasteiger partial charge in [-0.2, -0.15) is 0 Å². The Morgan fingerprint density at radius 3 is 1.57 bits per heavy atom. The van der Waals surface area contributed by atoms with Gasteiger partial charge in [0.1, 0.15) is 0 Å². The molecular weight excluding hydrogens is 94.1 g/mol. The third-order valence-electron chi connectivity index (χ3n) is 0.250. The number of hydrogen-bond acceptors (Lipinski definition) is 3. The van der Waals surface area contributed by atoms with Crippen LogP contribution in [0.3, 0.4) is 0 Å². The highest BCUT2D eigenvalue weighted by Crippen LogP contribution is 1.07. The monoisotopic (exact) mass is 105 g/mol. The minimum Gasteiger partial charge on any atom is -0.372 e. The van der Waals surface area contributed by atoms with Gasteiger partial charge in [0.25, 0.3) is 0 Å². The Morgan fingerprint density at radius 2 is 1.57 bits per heavy atom. The first-order valence-electron chi connectivity index (χ1n) is 1.82. The molecule has 1 amide bonds. The second kappa shape index (κ2) is 18.2. The van der Waals surface area contributed by atoms with Gasteiger partial charge in [-0.05, 0) is 14.1 Å². The summed E-state index contributed by atoms with van der Waals surface area (Å²) in [6.07, 6.45) is 0.250. The van der Waals surface area contributed by atoms with Crippen LogP contribution in [0.1, 0.15) is 0 Å². The molecule has 4 heteroatoms. The number of hydrazine groups is 1. The molecule has 0 aliphatic heterocycles. The van der Waals surface area contributed by atoms with E-state index >= 15 is 0 Å². The molecule has 44 valence electrons. The summed E-state index contributed by atoms with van der Waals surface area (Å²) in [7, 11) is 3.64. The van der Waals surface area contributed by atoms with Crippen LogP contribution in [-0.2, 0) is 4.79 Å². The fourth-order valence-corrected chi connectivity index (χ4v) is 0. The van der Waals surface area contributed by atoms with Crippen LogP contribution < -0.4 is 16.6 Å². The first-order chi connectivity index (χ1) is 3.33. The average Bonchev–Trinajstić information content (AvgIpc) is 1.69. The van der Waals surface area contributed by atoms with Crippen LogP contribution >= 0.6 is 0 Å². The van der Waals surface area contributed by atoms with Crippen LogP contribution in [0.15, 0.2) is 0 Å². The van der Waals surface area contributed by atoms with Crippen molar-refractivity contribution < 1.29 is 4.79 Å². The molecular formula is C3H11N3O. The van der Waals surface area contributed by atoms with Gasteiger partial charge >= 0.3 is 0 Å². The summed E-state index contributed by atoms with van der Waals surface area (Å²) in [5, 5.41) is 0. The maximum absolute atomic E-state index is 8.58. The molecule has 0 aromatic heterocycles. The predicted molar refractivity (Wildman–Crippen MR) is 28.4 cm³/mol. The number of carbonyl (C=O) groups excluding carboxylic acids is 1. The zero-order valence-electron chi connectivity index (χ0n) is 4.56.